The zero-order valence-electron chi connectivity index (χ0n) is 22.3. The summed E-state index contributed by atoms with van der Waals surface area (Å²) in [6, 6.07) is 9.98. The smallest absolute Gasteiger partial charge is 0.254 e. The number of ether oxygens (including phenoxy) is 2. The Kier molecular flexibility index (Phi) is 9.79. The molecule has 2 atom stereocenters. The molecule has 0 spiro atoms. The maximum absolute atomic E-state index is 13.7. The number of hydrogen-bond donors (Lipinski definition) is 1. The highest BCUT2D eigenvalue weighted by Crippen LogP contribution is 2.42. The van der Waals surface area contributed by atoms with Crippen molar-refractivity contribution in [3.05, 3.63) is 42.1 Å². The quantitative estimate of drug-likeness (QED) is 0.349. The SMILES string of the molecule is C.C.COc1cc(C(=O)N2C[C@H]3COC[C@@]3(CN)C2)cc2nc(-c3cc4cccnc4n3CC3CC3)n(C)c12.S.S. The molecule has 224 valence electrons. The molecule has 1 saturated carbocycles. The van der Waals surface area contributed by atoms with Gasteiger partial charge in [0.15, 0.2) is 5.82 Å². The van der Waals surface area contributed by atoms with Crippen molar-refractivity contribution in [2.24, 2.45) is 30.0 Å². The molecule has 2 aliphatic heterocycles. The van der Waals surface area contributed by atoms with E-state index in [0.29, 0.717) is 50.1 Å². The van der Waals surface area contributed by atoms with Crippen LogP contribution in [0, 0.1) is 17.3 Å². The Morgan fingerprint density at radius 3 is 2.68 bits per heavy atom. The molecule has 0 radical (unpaired) electrons. The van der Waals surface area contributed by atoms with Crippen molar-refractivity contribution >= 4 is 55.0 Å². The molecule has 2 saturated heterocycles. The maximum Gasteiger partial charge on any atom is 0.254 e. The van der Waals surface area contributed by atoms with Crippen LogP contribution in [0.1, 0.15) is 38.1 Å². The van der Waals surface area contributed by atoms with Gasteiger partial charge in [0.1, 0.15) is 16.9 Å². The number of amides is 1. The zero-order valence-corrected chi connectivity index (χ0v) is 24.3. The van der Waals surface area contributed by atoms with Crippen LogP contribution in [0.2, 0.25) is 0 Å². The number of carbonyl (C=O) groups excluding carboxylic acids is 1. The fourth-order valence-electron chi connectivity index (χ4n) is 6.29. The second-order valence-electron chi connectivity index (χ2n) is 11.0. The molecule has 2 N–H and O–H groups in total. The third-order valence-corrected chi connectivity index (χ3v) is 8.64. The molecular weight excluding hydrogens is 557 g/mol. The van der Waals surface area contributed by atoms with Gasteiger partial charge in [0.2, 0.25) is 0 Å². The van der Waals surface area contributed by atoms with Gasteiger partial charge in [0.05, 0.1) is 31.5 Å². The molecular formula is C30H44N6O3S2. The van der Waals surface area contributed by atoms with Gasteiger partial charge in [-0.05, 0) is 49.1 Å². The van der Waals surface area contributed by atoms with Crippen LogP contribution in [0.15, 0.2) is 36.5 Å². The lowest BCUT2D eigenvalue weighted by Gasteiger charge is -2.25. The van der Waals surface area contributed by atoms with Gasteiger partial charge in [0.25, 0.3) is 5.91 Å². The summed E-state index contributed by atoms with van der Waals surface area (Å²) in [5.41, 5.74) is 10.2. The van der Waals surface area contributed by atoms with Gasteiger partial charge >= 0.3 is 0 Å². The highest BCUT2D eigenvalue weighted by atomic mass is 32.1. The Bertz CT molecular complexity index is 1550. The number of aryl methyl sites for hydroxylation is 1. The Balaban J connectivity index is 0.00000116. The molecule has 7 rings (SSSR count). The molecule has 41 heavy (non-hydrogen) atoms. The van der Waals surface area contributed by atoms with Crippen molar-refractivity contribution in [3.63, 3.8) is 0 Å². The first kappa shape index (κ1) is 32.8. The van der Waals surface area contributed by atoms with E-state index in [-0.39, 0.29) is 59.1 Å². The van der Waals surface area contributed by atoms with E-state index in [2.05, 4.69) is 26.3 Å². The third kappa shape index (κ3) is 5.22. The molecule has 1 aromatic carbocycles. The summed E-state index contributed by atoms with van der Waals surface area (Å²) >= 11 is 0. The molecule has 11 heteroatoms. The topological polar surface area (TPSA) is 100 Å². The van der Waals surface area contributed by atoms with Gasteiger partial charge in [0, 0.05) is 61.7 Å². The zero-order chi connectivity index (χ0) is 25.3. The average molecular weight is 601 g/mol. The summed E-state index contributed by atoms with van der Waals surface area (Å²) in [4.78, 5) is 25.3. The number of imidazole rings is 1. The van der Waals surface area contributed by atoms with Crippen LogP contribution in [0.25, 0.3) is 33.6 Å². The van der Waals surface area contributed by atoms with E-state index in [1.54, 1.807) is 7.11 Å². The second kappa shape index (κ2) is 12.2. The minimum Gasteiger partial charge on any atom is -0.494 e. The van der Waals surface area contributed by atoms with E-state index >= 15 is 0 Å². The summed E-state index contributed by atoms with van der Waals surface area (Å²) in [6.45, 7) is 4.03. The molecule has 3 aliphatic rings. The van der Waals surface area contributed by atoms with E-state index in [9.17, 15) is 4.79 Å². The number of benzene rings is 1. The number of hydrogen-bond acceptors (Lipinski definition) is 6. The normalized spacial score (nSPS) is 21.0. The molecule has 3 fully saturated rings. The van der Waals surface area contributed by atoms with E-state index in [0.717, 1.165) is 40.1 Å². The maximum atomic E-state index is 13.7. The van der Waals surface area contributed by atoms with Crippen LogP contribution >= 0.6 is 27.0 Å². The van der Waals surface area contributed by atoms with Crippen LogP contribution in [0.3, 0.4) is 0 Å². The van der Waals surface area contributed by atoms with Crippen molar-refractivity contribution in [3.8, 4) is 17.3 Å². The Morgan fingerprint density at radius 1 is 1.22 bits per heavy atom. The fraction of sp³-hybridized carbons (Fsp3) is 0.500. The number of likely N-dealkylation sites (tertiary alicyclic amines) is 1. The van der Waals surface area contributed by atoms with E-state index < -0.39 is 0 Å². The van der Waals surface area contributed by atoms with Crippen LogP contribution in [0.5, 0.6) is 5.75 Å². The van der Waals surface area contributed by atoms with Crippen molar-refractivity contribution in [1.82, 2.24) is 24.0 Å². The standard InChI is InChI=1S/C28H32N6O3.2CH4.2H2S/c1-32-24-21(31-26(32)22-9-18-4-3-7-30-25(18)34(22)11-17-5-6-17)8-19(10-23(24)36-2)27(35)33-12-20-13-37-16-28(20,14-29)15-33;;;;/h3-4,7-10,17,20H,5-6,11-16,29H2,1-2H3;2*1H4;2*1H2/t20-,28+;;;;/m0..../s1. The number of methoxy groups -OCH3 is 1. The second-order valence-corrected chi connectivity index (χ2v) is 11.0. The van der Waals surface area contributed by atoms with E-state index in [4.69, 9.17) is 20.2 Å². The minimum atomic E-state index is -0.134. The lowest BCUT2D eigenvalue weighted by molar-refractivity contribution is 0.0723. The van der Waals surface area contributed by atoms with Gasteiger partial charge in [-0.25, -0.2) is 9.97 Å². The molecule has 9 nitrogen and oxygen atoms in total. The van der Waals surface area contributed by atoms with Gasteiger partial charge in [-0.1, -0.05) is 14.9 Å². The number of fused-ring (bicyclic) bond motifs is 3. The fourth-order valence-corrected chi connectivity index (χ4v) is 6.29. The average Bonchev–Trinajstić information content (AvgIpc) is 3.21. The highest BCUT2D eigenvalue weighted by molar-refractivity contribution is 7.59. The van der Waals surface area contributed by atoms with E-state index in [1.807, 2.05) is 36.3 Å². The molecule has 0 bridgehead atoms. The third-order valence-electron chi connectivity index (χ3n) is 8.64. The number of rotatable bonds is 6. The van der Waals surface area contributed by atoms with Crippen LogP contribution in [0.4, 0.5) is 0 Å². The molecule has 4 aromatic rings. The molecule has 1 aliphatic carbocycles. The Hall–Kier alpha value is -2.73. The summed E-state index contributed by atoms with van der Waals surface area (Å²) in [5, 5.41) is 1.10. The predicted octanol–water partition coefficient (Wildman–Crippen LogP) is 4.55. The predicted molar refractivity (Wildman–Crippen MR) is 175 cm³/mol. The van der Waals surface area contributed by atoms with Gasteiger partial charge in [-0.2, -0.15) is 27.0 Å². The number of nitrogens with zero attached hydrogens (tertiary/aromatic N) is 5. The van der Waals surface area contributed by atoms with Crippen LogP contribution < -0.4 is 10.5 Å². The monoisotopic (exact) mass is 600 g/mol. The minimum absolute atomic E-state index is 0. The molecule has 5 heterocycles. The molecule has 1 amide bonds. The Morgan fingerprint density at radius 2 is 2.00 bits per heavy atom. The lowest BCUT2D eigenvalue weighted by atomic mass is 9.81. The van der Waals surface area contributed by atoms with Crippen molar-refractivity contribution in [2.45, 2.75) is 34.2 Å². The number of nitrogens with two attached hydrogens (primary N) is 1. The van der Waals surface area contributed by atoms with Crippen molar-refractivity contribution in [2.75, 3.05) is 40.0 Å². The molecule has 3 aromatic heterocycles. The first-order valence-corrected chi connectivity index (χ1v) is 13.1. The van der Waals surface area contributed by atoms with Crippen molar-refractivity contribution in [1.29, 1.82) is 0 Å². The van der Waals surface area contributed by atoms with Crippen molar-refractivity contribution < 1.29 is 14.3 Å². The largest absolute Gasteiger partial charge is 0.494 e. The van der Waals surface area contributed by atoms with Gasteiger partial charge < -0.3 is 29.2 Å². The first-order valence-electron chi connectivity index (χ1n) is 13.1. The van der Waals surface area contributed by atoms with Gasteiger partial charge in [-0.15, -0.1) is 0 Å². The first-order chi connectivity index (χ1) is 18.0. The van der Waals surface area contributed by atoms with Crippen LogP contribution in [-0.4, -0.2) is 69.9 Å². The summed E-state index contributed by atoms with van der Waals surface area (Å²) in [5.74, 6) is 2.44. The molecule has 0 unspecified atom stereocenters. The summed E-state index contributed by atoms with van der Waals surface area (Å²) < 4.78 is 15.9. The number of pyridine rings is 1. The summed E-state index contributed by atoms with van der Waals surface area (Å²) in [7, 11) is 3.65. The van der Waals surface area contributed by atoms with Gasteiger partial charge in [-0.3, -0.25) is 4.79 Å². The highest BCUT2D eigenvalue weighted by Gasteiger charge is 2.51. The number of carbonyl (C=O) groups is 1. The number of aromatic nitrogens is 4. The lowest BCUT2D eigenvalue weighted by Crippen LogP contribution is -2.39. The Labute approximate surface area is 256 Å². The van der Waals surface area contributed by atoms with E-state index in [1.165, 1.54) is 12.8 Å². The van der Waals surface area contributed by atoms with Crippen LogP contribution in [-0.2, 0) is 18.3 Å². The summed E-state index contributed by atoms with van der Waals surface area (Å²) in [6.07, 6.45) is 4.35.